The Morgan fingerprint density at radius 3 is 2.47 bits per heavy atom. The second kappa shape index (κ2) is 5.37. The number of hydrogen-bond acceptors (Lipinski definition) is 5. The Bertz CT molecular complexity index is 488. The fourth-order valence-electron chi connectivity index (χ4n) is 2.30. The fourth-order valence-corrected chi connectivity index (χ4v) is 2.30. The Kier molecular flexibility index (Phi) is 3.82. The number of anilines is 1. The summed E-state index contributed by atoms with van der Waals surface area (Å²) in [6.07, 6.45) is 1.31. The summed E-state index contributed by atoms with van der Waals surface area (Å²) < 4.78 is 10.6. The number of methoxy groups -OCH3 is 2. The minimum absolute atomic E-state index is 0.657. The molecule has 0 amide bonds. The first-order chi connectivity index (χ1) is 9.11. The summed E-state index contributed by atoms with van der Waals surface area (Å²) in [5.74, 6) is 1.60. The fraction of sp³-hybridized carbons (Fsp3) is 0.500. The molecule has 19 heavy (non-hydrogen) atoms. The van der Waals surface area contributed by atoms with Crippen molar-refractivity contribution in [3.63, 3.8) is 0 Å². The molecule has 0 saturated carbocycles. The van der Waals surface area contributed by atoms with Crippen molar-refractivity contribution < 1.29 is 9.47 Å². The third kappa shape index (κ3) is 2.74. The number of hydrogen-bond donors (Lipinski definition) is 1. The van der Waals surface area contributed by atoms with Crippen molar-refractivity contribution in [1.29, 1.82) is 5.26 Å². The number of nitrogens with two attached hydrogens (primary N) is 1. The Labute approximate surface area is 113 Å². The van der Waals surface area contributed by atoms with Crippen LogP contribution in [0.15, 0.2) is 18.2 Å². The van der Waals surface area contributed by atoms with Crippen molar-refractivity contribution >= 4 is 5.69 Å². The minimum Gasteiger partial charge on any atom is -0.497 e. The topological polar surface area (TPSA) is 71.5 Å². The van der Waals surface area contributed by atoms with Crippen LogP contribution in [0.2, 0.25) is 0 Å². The number of rotatable bonds is 3. The highest BCUT2D eigenvalue weighted by atomic mass is 16.5. The van der Waals surface area contributed by atoms with Crippen LogP contribution in [0.4, 0.5) is 5.69 Å². The van der Waals surface area contributed by atoms with Gasteiger partial charge in [-0.05, 0) is 25.0 Å². The Morgan fingerprint density at radius 2 is 1.95 bits per heavy atom. The standard InChI is InChI=1S/C14H19N3O2/c1-18-11-3-4-13(19-2)12(9-11)17-7-5-14(16,10-15)6-8-17/h3-4,9H,5-8,16H2,1-2H3. The smallest absolute Gasteiger partial charge is 0.142 e. The number of benzene rings is 1. The van der Waals surface area contributed by atoms with Crippen molar-refractivity contribution in [3.8, 4) is 17.6 Å². The van der Waals surface area contributed by atoms with Gasteiger partial charge in [-0.3, -0.25) is 0 Å². The van der Waals surface area contributed by atoms with Gasteiger partial charge in [-0.25, -0.2) is 0 Å². The van der Waals surface area contributed by atoms with E-state index in [0.717, 1.165) is 30.3 Å². The van der Waals surface area contributed by atoms with Crippen LogP contribution in [0.3, 0.4) is 0 Å². The summed E-state index contributed by atoms with van der Waals surface area (Å²) in [4.78, 5) is 2.18. The zero-order valence-corrected chi connectivity index (χ0v) is 11.3. The van der Waals surface area contributed by atoms with Gasteiger partial charge in [0.1, 0.15) is 17.0 Å². The molecule has 102 valence electrons. The zero-order valence-electron chi connectivity index (χ0n) is 11.3. The summed E-state index contributed by atoms with van der Waals surface area (Å²) in [7, 11) is 3.29. The van der Waals surface area contributed by atoms with E-state index in [9.17, 15) is 0 Å². The average Bonchev–Trinajstić information content (AvgIpc) is 2.47. The van der Waals surface area contributed by atoms with Crippen molar-refractivity contribution in [2.45, 2.75) is 18.4 Å². The third-order valence-corrected chi connectivity index (χ3v) is 3.61. The van der Waals surface area contributed by atoms with E-state index in [1.165, 1.54) is 0 Å². The van der Waals surface area contributed by atoms with Crippen LogP contribution in [0.5, 0.6) is 11.5 Å². The van der Waals surface area contributed by atoms with Gasteiger partial charge in [0, 0.05) is 19.2 Å². The van der Waals surface area contributed by atoms with Gasteiger partial charge in [0.25, 0.3) is 0 Å². The summed E-state index contributed by atoms with van der Waals surface area (Å²) in [6, 6.07) is 7.91. The van der Waals surface area contributed by atoms with Gasteiger partial charge < -0.3 is 20.1 Å². The molecular formula is C14H19N3O2. The third-order valence-electron chi connectivity index (χ3n) is 3.61. The van der Waals surface area contributed by atoms with Crippen LogP contribution in [0.25, 0.3) is 0 Å². The second-order valence-electron chi connectivity index (χ2n) is 4.79. The maximum absolute atomic E-state index is 9.05. The van der Waals surface area contributed by atoms with Crippen molar-refractivity contribution in [3.05, 3.63) is 18.2 Å². The Balaban J connectivity index is 2.21. The number of piperidine rings is 1. The largest absolute Gasteiger partial charge is 0.497 e. The van der Waals surface area contributed by atoms with Crippen LogP contribution in [0, 0.1) is 11.3 Å². The lowest BCUT2D eigenvalue weighted by molar-refractivity contribution is 0.391. The number of nitrogens with zero attached hydrogens (tertiary/aromatic N) is 2. The molecule has 0 radical (unpaired) electrons. The van der Waals surface area contributed by atoms with Gasteiger partial charge in [0.2, 0.25) is 0 Å². The van der Waals surface area contributed by atoms with Gasteiger partial charge in [0.05, 0.1) is 26.0 Å². The first-order valence-electron chi connectivity index (χ1n) is 6.29. The lowest BCUT2D eigenvalue weighted by Crippen LogP contribution is -2.49. The summed E-state index contributed by atoms with van der Waals surface area (Å²) in [6.45, 7) is 1.49. The molecule has 1 fully saturated rings. The molecule has 5 heteroatoms. The second-order valence-corrected chi connectivity index (χ2v) is 4.79. The van der Waals surface area contributed by atoms with Crippen molar-refractivity contribution in [2.24, 2.45) is 5.73 Å². The normalized spacial score (nSPS) is 17.7. The van der Waals surface area contributed by atoms with Crippen LogP contribution in [-0.2, 0) is 0 Å². The van der Waals surface area contributed by atoms with E-state index in [0.29, 0.717) is 12.8 Å². The van der Waals surface area contributed by atoms with E-state index in [-0.39, 0.29) is 0 Å². The van der Waals surface area contributed by atoms with Crippen molar-refractivity contribution in [2.75, 3.05) is 32.2 Å². The molecule has 0 spiro atoms. The van der Waals surface area contributed by atoms with E-state index >= 15 is 0 Å². The highest BCUT2D eigenvalue weighted by molar-refractivity contribution is 5.62. The van der Waals surface area contributed by atoms with Gasteiger partial charge >= 0.3 is 0 Å². The van der Waals surface area contributed by atoms with E-state index in [2.05, 4.69) is 11.0 Å². The Morgan fingerprint density at radius 1 is 1.26 bits per heavy atom. The molecule has 2 rings (SSSR count). The highest BCUT2D eigenvalue weighted by Crippen LogP contribution is 2.34. The van der Waals surface area contributed by atoms with Gasteiger partial charge in [-0.15, -0.1) is 0 Å². The molecule has 1 aliphatic heterocycles. The first kappa shape index (κ1) is 13.5. The van der Waals surface area contributed by atoms with Crippen LogP contribution in [-0.4, -0.2) is 32.8 Å². The zero-order chi connectivity index (χ0) is 13.9. The average molecular weight is 261 g/mol. The lowest BCUT2D eigenvalue weighted by Gasteiger charge is -2.36. The van der Waals surface area contributed by atoms with Crippen molar-refractivity contribution in [1.82, 2.24) is 0 Å². The summed E-state index contributed by atoms with van der Waals surface area (Å²) in [5.41, 5.74) is 6.28. The molecule has 1 aliphatic rings. The van der Waals surface area contributed by atoms with E-state index in [1.54, 1.807) is 14.2 Å². The molecule has 1 aromatic carbocycles. The predicted molar refractivity (Wildman–Crippen MR) is 73.5 cm³/mol. The van der Waals surface area contributed by atoms with E-state index in [1.807, 2.05) is 18.2 Å². The Hall–Kier alpha value is -1.93. The van der Waals surface area contributed by atoms with Crippen LogP contribution >= 0.6 is 0 Å². The SMILES string of the molecule is COc1ccc(OC)c(N2CCC(N)(C#N)CC2)c1. The highest BCUT2D eigenvalue weighted by Gasteiger charge is 2.31. The monoisotopic (exact) mass is 261 g/mol. The maximum Gasteiger partial charge on any atom is 0.142 e. The first-order valence-corrected chi connectivity index (χ1v) is 6.29. The molecule has 0 bridgehead atoms. The van der Waals surface area contributed by atoms with Gasteiger partial charge in [-0.1, -0.05) is 0 Å². The number of nitriles is 1. The van der Waals surface area contributed by atoms with Gasteiger partial charge in [0.15, 0.2) is 0 Å². The maximum atomic E-state index is 9.05. The predicted octanol–water partition coefficient (Wildman–Crippen LogP) is 1.53. The molecular weight excluding hydrogens is 242 g/mol. The van der Waals surface area contributed by atoms with Gasteiger partial charge in [-0.2, -0.15) is 5.26 Å². The lowest BCUT2D eigenvalue weighted by atomic mass is 9.90. The minimum atomic E-state index is -0.692. The molecule has 1 saturated heterocycles. The van der Waals surface area contributed by atoms with E-state index in [4.69, 9.17) is 20.5 Å². The molecule has 1 aromatic rings. The van der Waals surface area contributed by atoms with Crippen LogP contribution < -0.4 is 20.1 Å². The van der Waals surface area contributed by atoms with Crippen LogP contribution in [0.1, 0.15) is 12.8 Å². The number of ether oxygens (including phenoxy) is 2. The molecule has 1 heterocycles. The molecule has 0 atom stereocenters. The molecule has 0 aromatic heterocycles. The molecule has 2 N–H and O–H groups in total. The quantitative estimate of drug-likeness (QED) is 0.893. The summed E-state index contributed by atoms with van der Waals surface area (Å²) >= 11 is 0. The molecule has 5 nitrogen and oxygen atoms in total. The van der Waals surface area contributed by atoms with E-state index < -0.39 is 5.54 Å². The molecule has 0 unspecified atom stereocenters. The summed E-state index contributed by atoms with van der Waals surface area (Å²) in [5, 5.41) is 9.05. The molecule has 0 aliphatic carbocycles.